The van der Waals surface area contributed by atoms with Gasteiger partial charge in [-0.05, 0) is 12.3 Å². The van der Waals surface area contributed by atoms with Gasteiger partial charge in [0.2, 0.25) is 0 Å². The van der Waals surface area contributed by atoms with Crippen molar-refractivity contribution >= 4 is 5.82 Å². The summed E-state index contributed by atoms with van der Waals surface area (Å²) in [6.45, 7) is 5.25. The number of unbranched alkanes of at least 4 members (excludes halogenated alkanes) is 1. The van der Waals surface area contributed by atoms with Gasteiger partial charge in [-0.25, -0.2) is 4.98 Å². The molecule has 1 aromatic heterocycles. The highest BCUT2D eigenvalue weighted by molar-refractivity contribution is 5.29. The molecule has 0 bridgehead atoms. The third-order valence-corrected chi connectivity index (χ3v) is 2.21. The number of hydrogen-bond donors (Lipinski definition) is 2. The number of aromatic amines is 1. The van der Waals surface area contributed by atoms with Crippen LogP contribution >= 0.6 is 0 Å². The van der Waals surface area contributed by atoms with Gasteiger partial charge in [-0.1, -0.05) is 26.7 Å². The summed E-state index contributed by atoms with van der Waals surface area (Å²) in [6, 6.07) is 0. The van der Waals surface area contributed by atoms with Gasteiger partial charge in [-0.2, -0.15) is 0 Å². The van der Waals surface area contributed by atoms with Gasteiger partial charge in [0.25, 0.3) is 5.56 Å². The predicted molar refractivity (Wildman–Crippen MR) is 62.0 cm³/mol. The van der Waals surface area contributed by atoms with Crippen molar-refractivity contribution in [3.63, 3.8) is 0 Å². The standard InChI is InChI=1S/C11H19N3O/c1-9(2)5-3-4-6-12-10-11(15)14-8-7-13-10/h7-9H,3-6H2,1-2H3,(H,12,13)(H,14,15). The van der Waals surface area contributed by atoms with Crippen LogP contribution in [0, 0.1) is 5.92 Å². The molecular weight excluding hydrogens is 190 g/mol. The zero-order valence-corrected chi connectivity index (χ0v) is 9.42. The summed E-state index contributed by atoms with van der Waals surface area (Å²) in [4.78, 5) is 17.7. The minimum atomic E-state index is -0.152. The molecule has 0 fully saturated rings. The van der Waals surface area contributed by atoms with Crippen LogP contribution in [0.25, 0.3) is 0 Å². The summed E-state index contributed by atoms with van der Waals surface area (Å²) in [5.74, 6) is 1.17. The molecule has 1 heterocycles. The van der Waals surface area contributed by atoms with Crippen LogP contribution in [0.15, 0.2) is 17.2 Å². The summed E-state index contributed by atoms with van der Waals surface area (Å²) in [6.07, 6.45) is 6.62. The van der Waals surface area contributed by atoms with Crippen molar-refractivity contribution < 1.29 is 0 Å². The predicted octanol–water partition coefficient (Wildman–Crippen LogP) is 2.01. The fourth-order valence-corrected chi connectivity index (χ4v) is 1.36. The topological polar surface area (TPSA) is 57.8 Å². The second-order valence-corrected chi connectivity index (χ2v) is 4.08. The fraction of sp³-hybridized carbons (Fsp3) is 0.636. The lowest BCUT2D eigenvalue weighted by Crippen LogP contribution is -2.16. The Morgan fingerprint density at radius 3 is 2.93 bits per heavy atom. The average molecular weight is 209 g/mol. The van der Waals surface area contributed by atoms with E-state index in [0.29, 0.717) is 5.82 Å². The summed E-state index contributed by atoms with van der Waals surface area (Å²) >= 11 is 0. The van der Waals surface area contributed by atoms with Crippen LogP contribution in [0.1, 0.15) is 33.1 Å². The normalized spacial score (nSPS) is 10.6. The van der Waals surface area contributed by atoms with Crippen LogP contribution < -0.4 is 10.9 Å². The van der Waals surface area contributed by atoms with Crippen LogP contribution in [-0.4, -0.2) is 16.5 Å². The largest absolute Gasteiger partial charge is 0.365 e. The fourth-order valence-electron chi connectivity index (χ4n) is 1.36. The molecule has 0 amide bonds. The lowest BCUT2D eigenvalue weighted by molar-refractivity contribution is 0.544. The molecule has 2 N–H and O–H groups in total. The Bertz CT molecular complexity index is 333. The molecule has 0 aliphatic heterocycles. The molecule has 0 aliphatic rings. The molecule has 0 radical (unpaired) electrons. The molecule has 0 spiro atoms. The van der Waals surface area contributed by atoms with Gasteiger partial charge >= 0.3 is 0 Å². The number of nitrogens with one attached hydrogen (secondary N) is 2. The van der Waals surface area contributed by atoms with Crippen molar-refractivity contribution in [2.45, 2.75) is 33.1 Å². The number of aromatic nitrogens is 2. The second kappa shape index (κ2) is 6.22. The van der Waals surface area contributed by atoms with E-state index in [1.807, 2.05) is 0 Å². The quantitative estimate of drug-likeness (QED) is 0.705. The van der Waals surface area contributed by atoms with Crippen LogP contribution in [0.5, 0.6) is 0 Å². The Balaban J connectivity index is 2.21. The van der Waals surface area contributed by atoms with Gasteiger partial charge in [-0.15, -0.1) is 0 Å². The highest BCUT2D eigenvalue weighted by atomic mass is 16.1. The maximum atomic E-state index is 11.2. The SMILES string of the molecule is CC(C)CCCCNc1ncc[nH]c1=O. The lowest BCUT2D eigenvalue weighted by Gasteiger charge is -2.05. The highest BCUT2D eigenvalue weighted by Crippen LogP contribution is 2.05. The third-order valence-electron chi connectivity index (χ3n) is 2.21. The average Bonchev–Trinajstić information content (AvgIpc) is 2.20. The Hall–Kier alpha value is -1.32. The van der Waals surface area contributed by atoms with Gasteiger partial charge in [0.05, 0.1) is 0 Å². The first-order valence-electron chi connectivity index (χ1n) is 5.47. The van der Waals surface area contributed by atoms with E-state index >= 15 is 0 Å². The van der Waals surface area contributed by atoms with E-state index < -0.39 is 0 Å². The zero-order valence-electron chi connectivity index (χ0n) is 9.42. The second-order valence-electron chi connectivity index (χ2n) is 4.08. The first kappa shape index (κ1) is 11.8. The summed E-state index contributed by atoms with van der Waals surface area (Å²) < 4.78 is 0. The Morgan fingerprint density at radius 2 is 2.27 bits per heavy atom. The number of H-pyrrole nitrogens is 1. The molecule has 0 aromatic carbocycles. The third kappa shape index (κ3) is 4.63. The van der Waals surface area contributed by atoms with Crippen molar-refractivity contribution in [1.29, 1.82) is 0 Å². The summed E-state index contributed by atoms with van der Waals surface area (Å²) in [5.41, 5.74) is -0.152. The van der Waals surface area contributed by atoms with Crippen LogP contribution in [-0.2, 0) is 0 Å². The van der Waals surface area contributed by atoms with Gasteiger partial charge in [-0.3, -0.25) is 4.79 Å². The van der Waals surface area contributed by atoms with E-state index in [0.717, 1.165) is 18.9 Å². The smallest absolute Gasteiger partial charge is 0.290 e. The van der Waals surface area contributed by atoms with Crippen molar-refractivity contribution in [3.8, 4) is 0 Å². The summed E-state index contributed by atoms with van der Waals surface area (Å²) in [7, 11) is 0. The highest BCUT2D eigenvalue weighted by Gasteiger charge is 1.98. The van der Waals surface area contributed by atoms with Gasteiger partial charge in [0.1, 0.15) is 0 Å². The van der Waals surface area contributed by atoms with Gasteiger partial charge in [0.15, 0.2) is 5.82 Å². The van der Waals surface area contributed by atoms with E-state index in [-0.39, 0.29) is 5.56 Å². The molecule has 4 nitrogen and oxygen atoms in total. The van der Waals surface area contributed by atoms with E-state index in [1.54, 1.807) is 6.20 Å². The molecule has 0 aliphatic carbocycles. The molecule has 4 heteroatoms. The first-order valence-corrected chi connectivity index (χ1v) is 5.47. The molecule has 84 valence electrons. The van der Waals surface area contributed by atoms with Gasteiger partial charge < -0.3 is 10.3 Å². The van der Waals surface area contributed by atoms with Crippen LogP contribution in [0.3, 0.4) is 0 Å². The molecule has 1 aromatic rings. The number of rotatable bonds is 6. The maximum absolute atomic E-state index is 11.2. The Morgan fingerprint density at radius 1 is 1.47 bits per heavy atom. The Kier molecular flexibility index (Phi) is 4.87. The molecule has 1 rings (SSSR count). The van der Waals surface area contributed by atoms with E-state index in [1.165, 1.54) is 19.0 Å². The van der Waals surface area contributed by atoms with Crippen molar-refractivity contribution in [3.05, 3.63) is 22.7 Å². The van der Waals surface area contributed by atoms with Crippen molar-refractivity contribution in [2.24, 2.45) is 5.92 Å². The number of hydrogen-bond acceptors (Lipinski definition) is 3. The first-order chi connectivity index (χ1) is 7.20. The molecule has 0 atom stereocenters. The van der Waals surface area contributed by atoms with Gasteiger partial charge in [0, 0.05) is 18.9 Å². The van der Waals surface area contributed by atoms with Crippen LogP contribution in [0.2, 0.25) is 0 Å². The van der Waals surface area contributed by atoms with E-state index in [2.05, 4.69) is 29.1 Å². The summed E-state index contributed by atoms with van der Waals surface area (Å²) in [5, 5.41) is 3.03. The molecular formula is C11H19N3O. The minimum absolute atomic E-state index is 0.152. The van der Waals surface area contributed by atoms with E-state index in [4.69, 9.17) is 0 Å². The Labute approximate surface area is 90.1 Å². The molecule has 15 heavy (non-hydrogen) atoms. The maximum Gasteiger partial charge on any atom is 0.290 e. The molecule has 0 saturated carbocycles. The molecule has 0 unspecified atom stereocenters. The van der Waals surface area contributed by atoms with E-state index in [9.17, 15) is 4.79 Å². The number of anilines is 1. The van der Waals surface area contributed by atoms with Crippen molar-refractivity contribution in [2.75, 3.05) is 11.9 Å². The zero-order chi connectivity index (χ0) is 11.1. The molecule has 0 saturated heterocycles. The van der Waals surface area contributed by atoms with Crippen LogP contribution in [0.4, 0.5) is 5.82 Å². The number of nitrogens with zero attached hydrogens (tertiary/aromatic N) is 1. The minimum Gasteiger partial charge on any atom is -0.365 e. The van der Waals surface area contributed by atoms with Crippen molar-refractivity contribution in [1.82, 2.24) is 9.97 Å². The lowest BCUT2D eigenvalue weighted by atomic mass is 10.1. The monoisotopic (exact) mass is 209 g/mol.